The number of fused-ring (bicyclic) bond motifs is 1. The lowest BCUT2D eigenvalue weighted by molar-refractivity contribution is 0.0940. The van der Waals surface area contributed by atoms with Crippen molar-refractivity contribution in [2.45, 2.75) is 26.8 Å². The number of ether oxygens (including phenoxy) is 1. The van der Waals surface area contributed by atoms with Gasteiger partial charge in [-0.15, -0.1) is 0 Å². The number of aryl methyl sites for hydroxylation is 1. The van der Waals surface area contributed by atoms with Gasteiger partial charge in [0.05, 0.1) is 16.8 Å². The standard InChI is InChI=1S/C15H19N3O2/c1-9(2)17-15(19)13-11-6-4-5-7-12(11)18-10(3)14(13)20-8-16/h4-7,9H,8,16H2,1-3H3,(H,17,19). The molecule has 5 heteroatoms. The summed E-state index contributed by atoms with van der Waals surface area (Å²) >= 11 is 0. The van der Waals surface area contributed by atoms with Crippen LogP contribution in [0, 0.1) is 6.92 Å². The first-order chi connectivity index (χ1) is 9.54. The number of pyridine rings is 1. The van der Waals surface area contributed by atoms with E-state index < -0.39 is 0 Å². The molecular weight excluding hydrogens is 254 g/mol. The summed E-state index contributed by atoms with van der Waals surface area (Å²) in [5.41, 5.74) is 7.38. The zero-order valence-electron chi connectivity index (χ0n) is 11.9. The number of nitrogens with two attached hydrogens (primary N) is 1. The Bertz CT molecular complexity index is 638. The molecule has 0 saturated heterocycles. The number of hydrogen-bond acceptors (Lipinski definition) is 4. The average Bonchev–Trinajstić information content (AvgIpc) is 2.38. The largest absolute Gasteiger partial charge is 0.476 e. The lowest BCUT2D eigenvalue weighted by atomic mass is 10.1. The van der Waals surface area contributed by atoms with E-state index in [1.807, 2.05) is 45.0 Å². The Morgan fingerprint density at radius 2 is 2.10 bits per heavy atom. The zero-order chi connectivity index (χ0) is 14.7. The maximum absolute atomic E-state index is 12.5. The van der Waals surface area contributed by atoms with Crippen LogP contribution < -0.4 is 15.8 Å². The van der Waals surface area contributed by atoms with Gasteiger partial charge in [0.1, 0.15) is 6.73 Å². The molecule has 5 nitrogen and oxygen atoms in total. The van der Waals surface area contributed by atoms with Crippen LogP contribution in [0.1, 0.15) is 29.9 Å². The molecule has 2 aromatic rings. The van der Waals surface area contributed by atoms with Crippen molar-refractivity contribution in [2.75, 3.05) is 6.73 Å². The molecule has 0 aliphatic carbocycles. The molecule has 0 fully saturated rings. The second kappa shape index (κ2) is 5.88. The molecule has 1 aromatic heterocycles. The van der Waals surface area contributed by atoms with Gasteiger partial charge in [0, 0.05) is 11.4 Å². The molecule has 1 amide bonds. The Balaban J connectivity index is 2.68. The number of para-hydroxylation sites is 1. The highest BCUT2D eigenvalue weighted by Crippen LogP contribution is 2.29. The van der Waals surface area contributed by atoms with Crippen LogP contribution in [0.25, 0.3) is 10.9 Å². The van der Waals surface area contributed by atoms with Gasteiger partial charge in [0.25, 0.3) is 5.91 Å². The van der Waals surface area contributed by atoms with Crippen molar-refractivity contribution in [3.8, 4) is 5.75 Å². The van der Waals surface area contributed by atoms with Crippen LogP contribution in [0.4, 0.5) is 0 Å². The van der Waals surface area contributed by atoms with Crippen molar-refractivity contribution in [3.05, 3.63) is 35.5 Å². The first-order valence-corrected chi connectivity index (χ1v) is 6.57. The van der Waals surface area contributed by atoms with Crippen molar-refractivity contribution in [1.29, 1.82) is 0 Å². The van der Waals surface area contributed by atoms with Gasteiger partial charge in [-0.1, -0.05) is 18.2 Å². The fourth-order valence-electron chi connectivity index (χ4n) is 2.14. The molecular formula is C15H19N3O2. The first kappa shape index (κ1) is 14.3. The minimum Gasteiger partial charge on any atom is -0.476 e. The Hall–Kier alpha value is -2.14. The van der Waals surface area contributed by atoms with Crippen LogP contribution in [0.2, 0.25) is 0 Å². The van der Waals surface area contributed by atoms with Gasteiger partial charge in [-0.25, -0.2) is 4.98 Å². The van der Waals surface area contributed by atoms with Crippen LogP contribution in [0.3, 0.4) is 0 Å². The van der Waals surface area contributed by atoms with E-state index in [-0.39, 0.29) is 18.7 Å². The highest BCUT2D eigenvalue weighted by atomic mass is 16.5. The van der Waals surface area contributed by atoms with Crippen molar-refractivity contribution in [2.24, 2.45) is 5.73 Å². The second-order valence-corrected chi connectivity index (χ2v) is 4.86. The van der Waals surface area contributed by atoms with Gasteiger partial charge < -0.3 is 10.1 Å². The number of aromatic nitrogens is 1. The summed E-state index contributed by atoms with van der Waals surface area (Å²) in [5.74, 6) is 0.273. The minimum atomic E-state index is -0.176. The molecule has 0 bridgehead atoms. The van der Waals surface area contributed by atoms with Gasteiger partial charge >= 0.3 is 0 Å². The molecule has 2 rings (SSSR count). The molecule has 0 atom stereocenters. The summed E-state index contributed by atoms with van der Waals surface area (Å²) in [4.78, 5) is 16.9. The van der Waals surface area contributed by atoms with Crippen molar-refractivity contribution in [3.63, 3.8) is 0 Å². The van der Waals surface area contributed by atoms with E-state index in [0.29, 0.717) is 17.0 Å². The summed E-state index contributed by atoms with van der Waals surface area (Å²) in [6.07, 6.45) is 0. The SMILES string of the molecule is Cc1nc2ccccc2c(C(=O)NC(C)C)c1OCN. The van der Waals surface area contributed by atoms with E-state index in [1.165, 1.54) is 0 Å². The van der Waals surface area contributed by atoms with Crippen LogP contribution >= 0.6 is 0 Å². The molecule has 0 unspecified atom stereocenters. The van der Waals surface area contributed by atoms with E-state index in [2.05, 4.69) is 10.3 Å². The van der Waals surface area contributed by atoms with Crippen molar-refractivity contribution in [1.82, 2.24) is 10.3 Å². The molecule has 0 saturated carbocycles. The zero-order valence-corrected chi connectivity index (χ0v) is 11.9. The first-order valence-electron chi connectivity index (χ1n) is 6.57. The third-order valence-corrected chi connectivity index (χ3v) is 2.89. The summed E-state index contributed by atoms with van der Waals surface area (Å²) in [7, 11) is 0. The third-order valence-electron chi connectivity index (χ3n) is 2.89. The number of nitrogens with one attached hydrogen (secondary N) is 1. The van der Waals surface area contributed by atoms with Crippen molar-refractivity contribution >= 4 is 16.8 Å². The lowest BCUT2D eigenvalue weighted by Gasteiger charge is -2.16. The Kier molecular flexibility index (Phi) is 4.20. The van der Waals surface area contributed by atoms with E-state index in [1.54, 1.807) is 0 Å². The van der Waals surface area contributed by atoms with E-state index in [4.69, 9.17) is 10.5 Å². The number of hydrogen-bond donors (Lipinski definition) is 2. The number of amides is 1. The molecule has 1 aromatic carbocycles. The molecule has 0 radical (unpaired) electrons. The number of carbonyl (C=O) groups excluding carboxylic acids is 1. The maximum atomic E-state index is 12.5. The third kappa shape index (κ3) is 2.72. The number of rotatable bonds is 4. The molecule has 0 aliphatic rings. The van der Waals surface area contributed by atoms with Gasteiger partial charge in [-0.3, -0.25) is 10.5 Å². The average molecular weight is 273 g/mol. The number of nitrogens with zero attached hydrogens (tertiary/aromatic N) is 1. The van der Waals surface area contributed by atoms with Crippen molar-refractivity contribution < 1.29 is 9.53 Å². The van der Waals surface area contributed by atoms with Gasteiger partial charge in [0.2, 0.25) is 0 Å². The second-order valence-electron chi connectivity index (χ2n) is 4.86. The summed E-state index contributed by atoms with van der Waals surface area (Å²) in [5, 5.41) is 3.65. The topological polar surface area (TPSA) is 77.2 Å². The molecule has 0 aliphatic heterocycles. The van der Waals surface area contributed by atoms with Crippen LogP contribution in [-0.4, -0.2) is 23.7 Å². The Morgan fingerprint density at radius 1 is 1.40 bits per heavy atom. The maximum Gasteiger partial charge on any atom is 0.256 e. The highest BCUT2D eigenvalue weighted by Gasteiger charge is 2.20. The summed E-state index contributed by atoms with van der Waals surface area (Å²) in [6.45, 7) is 5.64. The number of benzene rings is 1. The summed E-state index contributed by atoms with van der Waals surface area (Å²) < 4.78 is 5.43. The molecule has 1 heterocycles. The van der Waals surface area contributed by atoms with Crippen LogP contribution in [0.5, 0.6) is 5.75 Å². The molecule has 20 heavy (non-hydrogen) atoms. The summed E-state index contributed by atoms with van der Waals surface area (Å²) in [6, 6.07) is 7.54. The quantitative estimate of drug-likeness (QED) is 0.835. The van der Waals surface area contributed by atoms with E-state index in [9.17, 15) is 4.79 Å². The Morgan fingerprint density at radius 3 is 2.75 bits per heavy atom. The van der Waals surface area contributed by atoms with E-state index >= 15 is 0 Å². The monoisotopic (exact) mass is 273 g/mol. The van der Waals surface area contributed by atoms with Crippen LogP contribution in [0.15, 0.2) is 24.3 Å². The van der Waals surface area contributed by atoms with Gasteiger partial charge in [-0.2, -0.15) is 0 Å². The molecule has 106 valence electrons. The number of carbonyl (C=O) groups is 1. The van der Waals surface area contributed by atoms with Gasteiger partial charge in [-0.05, 0) is 26.8 Å². The highest BCUT2D eigenvalue weighted by molar-refractivity contribution is 6.08. The smallest absolute Gasteiger partial charge is 0.256 e. The fourth-order valence-corrected chi connectivity index (χ4v) is 2.14. The van der Waals surface area contributed by atoms with Crippen LogP contribution in [-0.2, 0) is 0 Å². The molecule has 3 N–H and O–H groups in total. The normalized spacial score (nSPS) is 10.8. The predicted molar refractivity (Wildman–Crippen MR) is 78.8 cm³/mol. The van der Waals surface area contributed by atoms with E-state index in [0.717, 1.165) is 10.9 Å². The minimum absolute atomic E-state index is 0.00280. The predicted octanol–water partition coefficient (Wildman–Crippen LogP) is 1.98. The lowest BCUT2D eigenvalue weighted by Crippen LogP contribution is -2.31. The fraction of sp³-hybridized carbons (Fsp3) is 0.333. The Labute approximate surface area is 118 Å². The molecule has 0 spiro atoms. The van der Waals surface area contributed by atoms with Gasteiger partial charge in [0.15, 0.2) is 5.75 Å².